The molecule has 0 radical (unpaired) electrons. The van der Waals surface area contributed by atoms with Gasteiger partial charge in [-0.05, 0) is 57.4 Å². The van der Waals surface area contributed by atoms with Crippen LogP contribution >= 0.6 is 0 Å². The summed E-state index contributed by atoms with van der Waals surface area (Å²) in [6.45, 7) is 7.11. The zero-order chi connectivity index (χ0) is 15.3. The second-order valence-electron chi connectivity index (χ2n) is 5.70. The minimum Gasteiger partial charge on any atom is -0.508 e. The van der Waals surface area contributed by atoms with Crippen molar-refractivity contribution < 1.29 is 19.4 Å². The van der Waals surface area contributed by atoms with E-state index >= 15 is 0 Å². The number of aldehydes is 1. The molecule has 0 spiro atoms. The normalized spacial score (nSPS) is 12.6. The van der Waals surface area contributed by atoms with Gasteiger partial charge in [-0.1, -0.05) is 6.07 Å². The van der Waals surface area contributed by atoms with Crippen LogP contribution in [0.5, 0.6) is 5.75 Å². The molecule has 5 nitrogen and oxygen atoms in total. The number of carbonyl (C=O) groups excluding carboxylic acids is 2. The van der Waals surface area contributed by atoms with Crippen LogP contribution in [0, 0.1) is 6.92 Å². The lowest BCUT2D eigenvalue weighted by Gasteiger charge is -2.21. The number of hydrogen-bond donors (Lipinski definition) is 2. The minimum absolute atomic E-state index is 0.175. The Morgan fingerprint density at radius 1 is 1.45 bits per heavy atom. The Labute approximate surface area is 118 Å². The first-order valence-corrected chi connectivity index (χ1v) is 6.44. The molecule has 0 bridgehead atoms. The van der Waals surface area contributed by atoms with E-state index in [0.717, 1.165) is 11.1 Å². The van der Waals surface area contributed by atoms with Gasteiger partial charge in [0.1, 0.15) is 17.6 Å². The molecule has 20 heavy (non-hydrogen) atoms. The fourth-order valence-electron chi connectivity index (χ4n) is 1.74. The van der Waals surface area contributed by atoms with Gasteiger partial charge in [-0.15, -0.1) is 0 Å². The standard InChI is InChI=1S/C15H21NO4/c1-10-7-13(18)6-5-11(10)8-12(9-17)16-14(19)20-15(2,3)4/h5-7,9,12,18H,8H2,1-4H3,(H,16,19)/t12-/m0/s1. The highest BCUT2D eigenvalue weighted by Crippen LogP contribution is 2.17. The van der Waals surface area contributed by atoms with Gasteiger partial charge in [0, 0.05) is 0 Å². The monoisotopic (exact) mass is 279 g/mol. The van der Waals surface area contributed by atoms with Crippen molar-refractivity contribution in [2.75, 3.05) is 0 Å². The number of aryl methyl sites for hydroxylation is 1. The van der Waals surface area contributed by atoms with Gasteiger partial charge < -0.3 is 20.0 Å². The molecule has 1 aromatic rings. The maximum atomic E-state index is 11.6. The Balaban J connectivity index is 2.68. The summed E-state index contributed by atoms with van der Waals surface area (Å²) in [6, 6.07) is 4.24. The van der Waals surface area contributed by atoms with E-state index in [9.17, 15) is 14.7 Å². The Kier molecular flexibility index (Phi) is 5.13. The van der Waals surface area contributed by atoms with Crippen molar-refractivity contribution in [1.82, 2.24) is 5.32 Å². The summed E-state index contributed by atoms with van der Waals surface area (Å²) < 4.78 is 5.11. The summed E-state index contributed by atoms with van der Waals surface area (Å²) in [5.41, 5.74) is 1.14. The predicted molar refractivity (Wildman–Crippen MR) is 75.8 cm³/mol. The van der Waals surface area contributed by atoms with Gasteiger partial charge in [0.25, 0.3) is 0 Å². The molecule has 0 unspecified atom stereocenters. The summed E-state index contributed by atoms with van der Waals surface area (Å²) in [7, 11) is 0. The van der Waals surface area contributed by atoms with E-state index in [1.807, 2.05) is 6.92 Å². The summed E-state index contributed by atoms with van der Waals surface area (Å²) >= 11 is 0. The molecule has 0 aromatic heterocycles. The summed E-state index contributed by atoms with van der Waals surface area (Å²) in [5.74, 6) is 0.175. The van der Waals surface area contributed by atoms with Crippen molar-refractivity contribution >= 4 is 12.4 Å². The largest absolute Gasteiger partial charge is 0.508 e. The van der Waals surface area contributed by atoms with E-state index in [-0.39, 0.29) is 5.75 Å². The topological polar surface area (TPSA) is 75.6 Å². The molecule has 1 atom stereocenters. The molecular weight excluding hydrogens is 258 g/mol. The van der Waals surface area contributed by atoms with E-state index in [1.165, 1.54) is 0 Å². The number of rotatable bonds is 4. The number of benzene rings is 1. The summed E-state index contributed by atoms with van der Waals surface area (Å²) in [4.78, 5) is 22.7. The molecule has 0 fully saturated rings. The van der Waals surface area contributed by atoms with E-state index in [4.69, 9.17) is 4.74 Å². The van der Waals surface area contributed by atoms with Crippen molar-refractivity contribution in [2.24, 2.45) is 0 Å². The number of phenolic OH excluding ortho intramolecular Hbond substituents is 1. The first-order chi connectivity index (χ1) is 9.21. The van der Waals surface area contributed by atoms with Gasteiger partial charge in [0.2, 0.25) is 0 Å². The highest BCUT2D eigenvalue weighted by Gasteiger charge is 2.19. The molecule has 1 rings (SSSR count). The van der Waals surface area contributed by atoms with E-state index in [1.54, 1.807) is 39.0 Å². The third kappa shape index (κ3) is 5.30. The zero-order valence-electron chi connectivity index (χ0n) is 12.3. The van der Waals surface area contributed by atoms with Crippen LogP contribution in [-0.4, -0.2) is 29.1 Å². The highest BCUT2D eigenvalue weighted by atomic mass is 16.6. The molecule has 2 N–H and O–H groups in total. The van der Waals surface area contributed by atoms with Crippen LogP contribution in [0.3, 0.4) is 0 Å². The first-order valence-electron chi connectivity index (χ1n) is 6.44. The number of ether oxygens (including phenoxy) is 1. The average molecular weight is 279 g/mol. The Hall–Kier alpha value is -2.04. The van der Waals surface area contributed by atoms with Crippen molar-refractivity contribution in [3.05, 3.63) is 29.3 Å². The lowest BCUT2D eigenvalue weighted by atomic mass is 10.0. The van der Waals surface area contributed by atoms with Gasteiger partial charge >= 0.3 is 6.09 Å². The Morgan fingerprint density at radius 2 is 2.10 bits per heavy atom. The van der Waals surface area contributed by atoms with Crippen LogP contribution in [0.25, 0.3) is 0 Å². The maximum absolute atomic E-state index is 11.6. The predicted octanol–water partition coefficient (Wildman–Crippen LogP) is 2.34. The van der Waals surface area contributed by atoms with Crippen LogP contribution < -0.4 is 5.32 Å². The third-order valence-electron chi connectivity index (χ3n) is 2.63. The summed E-state index contributed by atoms with van der Waals surface area (Å²) in [6.07, 6.45) is 0.413. The van der Waals surface area contributed by atoms with Crippen LogP contribution in [0.15, 0.2) is 18.2 Å². The van der Waals surface area contributed by atoms with Gasteiger partial charge in [-0.2, -0.15) is 0 Å². The lowest BCUT2D eigenvalue weighted by Crippen LogP contribution is -2.41. The van der Waals surface area contributed by atoms with E-state index in [0.29, 0.717) is 12.7 Å². The number of amides is 1. The number of phenols is 1. The first kappa shape index (κ1) is 16.0. The third-order valence-corrected chi connectivity index (χ3v) is 2.63. The molecule has 1 amide bonds. The second kappa shape index (κ2) is 6.41. The molecular formula is C15H21NO4. The molecule has 1 aromatic carbocycles. The number of aromatic hydroxyl groups is 1. The SMILES string of the molecule is Cc1cc(O)ccc1C[C@@H](C=O)NC(=O)OC(C)(C)C. The molecule has 0 aliphatic heterocycles. The Morgan fingerprint density at radius 3 is 2.60 bits per heavy atom. The summed E-state index contributed by atoms with van der Waals surface area (Å²) in [5, 5.41) is 11.9. The van der Waals surface area contributed by atoms with Gasteiger partial charge in [-0.3, -0.25) is 0 Å². The van der Waals surface area contributed by atoms with Crippen molar-refractivity contribution in [2.45, 2.75) is 45.8 Å². The van der Waals surface area contributed by atoms with E-state index in [2.05, 4.69) is 5.32 Å². The smallest absolute Gasteiger partial charge is 0.408 e. The fourth-order valence-corrected chi connectivity index (χ4v) is 1.74. The number of hydrogen-bond acceptors (Lipinski definition) is 4. The van der Waals surface area contributed by atoms with Crippen LogP contribution in [0.2, 0.25) is 0 Å². The second-order valence-corrected chi connectivity index (χ2v) is 5.70. The Bertz CT molecular complexity index is 491. The van der Waals surface area contributed by atoms with Crippen LogP contribution in [0.1, 0.15) is 31.9 Å². The molecule has 110 valence electrons. The van der Waals surface area contributed by atoms with Crippen molar-refractivity contribution in [3.8, 4) is 5.75 Å². The molecule has 0 aliphatic rings. The maximum Gasteiger partial charge on any atom is 0.408 e. The molecule has 0 aliphatic carbocycles. The van der Waals surface area contributed by atoms with Crippen molar-refractivity contribution in [1.29, 1.82) is 0 Å². The highest BCUT2D eigenvalue weighted by molar-refractivity contribution is 5.73. The van der Waals surface area contributed by atoms with Crippen LogP contribution in [0.4, 0.5) is 4.79 Å². The van der Waals surface area contributed by atoms with Crippen molar-refractivity contribution in [3.63, 3.8) is 0 Å². The van der Waals surface area contributed by atoms with Gasteiger partial charge in [-0.25, -0.2) is 4.79 Å². The number of alkyl carbamates (subject to hydrolysis) is 1. The number of nitrogens with one attached hydrogen (secondary N) is 1. The van der Waals surface area contributed by atoms with Gasteiger partial charge in [0.15, 0.2) is 0 Å². The molecule has 5 heteroatoms. The zero-order valence-corrected chi connectivity index (χ0v) is 12.3. The molecule has 0 heterocycles. The average Bonchev–Trinajstić information content (AvgIpc) is 2.29. The molecule has 0 saturated carbocycles. The van der Waals surface area contributed by atoms with E-state index < -0.39 is 17.7 Å². The lowest BCUT2D eigenvalue weighted by molar-refractivity contribution is -0.109. The fraction of sp³-hybridized carbons (Fsp3) is 0.467. The van der Waals surface area contributed by atoms with Crippen LogP contribution in [-0.2, 0) is 16.0 Å². The quantitative estimate of drug-likeness (QED) is 0.829. The molecule has 0 saturated heterocycles. The number of carbonyl (C=O) groups is 2. The van der Waals surface area contributed by atoms with Gasteiger partial charge in [0.05, 0.1) is 6.04 Å². The minimum atomic E-state index is -0.659.